The van der Waals surface area contributed by atoms with Crippen LogP contribution in [0.1, 0.15) is 5.56 Å². The van der Waals surface area contributed by atoms with Crippen LogP contribution in [-0.2, 0) is 0 Å². The Hall–Kier alpha value is -7.55. The molecule has 0 fully saturated rings. The zero-order valence-electron chi connectivity index (χ0n) is 28.7. The molecular weight excluding hydrogens is 663 g/mol. The molecule has 4 aromatic heterocycles. The van der Waals surface area contributed by atoms with Crippen molar-refractivity contribution in [3.05, 3.63) is 169 Å². The van der Waals surface area contributed by atoms with Crippen molar-refractivity contribution in [2.24, 2.45) is 0 Å². The van der Waals surface area contributed by atoms with Crippen LogP contribution in [0.3, 0.4) is 0 Å². The van der Waals surface area contributed by atoms with Crippen molar-refractivity contribution < 1.29 is 8.83 Å². The summed E-state index contributed by atoms with van der Waals surface area (Å²) in [7, 11) is 0. The molecule has 0 aliphatic heterocycles. The Bertz CT molecular complexity index is 3570. The lowest BCUT2D eigenvalue weighted by molar-refractivity contribution is 0.670. The SMILES string of the molecule is N#Cc1cccc(-c2ccc(-n3c4ccccc4c4ccc5c6ccccc6oc5c43)cc2)c1-n1c2ccccc2c2ccc3c4ccccc4oc3c21. The van der Waals surface area contributed by atoms with E-state index >= 15 is 0 Å². The molecule has 12 rings (SSSR count). The number of hydrogen-bond donors (Lipinski definition) is 0. The monoisotopic (exact) mass is 689 g/mol. The fourth-order valence-corrected chi connectivity index (χ4v) is 8.86. The molecule has 0 aliphatic rings. The number of aromatic nitrogens is 2. The Morgan fingerprint density at radius 2 is 0.907 bits per heavy atom. The van der Waals surface area contributed by atoms with Crippen LogP contribution in [0.2, 0.25) is 0 Å². The number of benzene rings is 8. The van der Waals surface area contributed by atoms with Crippen LogP contribution in [0, 0.1) is 11.3 Å². The van der Waals surface area contributed by atoms with Crippen molar-refractivity contribution in [2.45, 2.75) is 0 Å². The quantitative estimate of drug-likeness (QED) is 0.185. The van der Waals surface area contributed by atoms with Crippen LogP contribution < -0.4 is 0 Å². The summed E-state index contributed by atoms with van der Waals surface area (Å²) in [5.41, 5.74) is 11.9. The summed E-state index contributed by atoms with van der Waals surface area (Å²) in [6, 6.07) is 59.3. The van der Waals surface area contributed by atoms with Gasteiger partial charge in [-0.05, 0) is 60.2 Å². The van der Waals surface area contributed by atoms with Gasteiger partial charge < -0.3 is 18.0 Å². The van der Waals surface area contributed by atoms with Crippen LogP contribution in [-0.4, -0.2) is 9.13 Å². The van der Waals surface area contributed by atoms with Gasteiger partial charge in [0, 0.05) is 54.3 Å². The minimum absolute atomic E-state index is 0.585. The van der Waals surface area contributed by atoms with Gasteiger partial charge in [0.05, 0.1) is 33.3 Å². The molecule has 0 atom stereocenters. The number of nitrogens with zero attached hydrogens (tertiary/aromatic N) is 3. The molecule has 0 spiro atoms. The molecule has 4 heterocycles. The molecule has 54 heavy (non-hydrogen) atoms. The second-order valence-electron chi connectivity index (χ2n) is 13.9. The minimum Gasteiger partial charge on any atom is -0.454 e. The van der Waals surface area contributed by atoms with E-state index < -0.39 is 0 Å². The van der Waals surface area contributed by atoms with Crippen molar-refractivity contribution >= 4 is 87.5 Å². The second-order valence-corrected chi connectivity index (χ2v) is 13.9. The predicted octanol–water partition coefficient (Wildman–Crippen LogP) is 13.2. The van der Waals surface area contributed by atoms with Gasteiger partial charge >= 0.3 is 0 Å². The first kappa shape index (κ1) is 29.1. The molecule has 0 bridgehead atoms. The van der Waals surface area contributed by atoms with Crippen LogP contribution >= 0.6 is 0 Å². The minimum atomic E-state index is 0.585. The smallest absolute Gasteiger partial charge is 0.160 e. The summed E-state index contributed by atoms with van der Waals surface area (Å²) in [6.07, 6.45) is 0. The van der Waals surface area contributed by atoms with E-state index in [4.69, 9.17) is 8.83 Å². The largest absolute Gasteiger partial charge is 0.454 e. The summed E-state index contributed by atoms with van der Waals surface area (Å²) in [5.74, 6) is 0. The summed E-state index contributed by atoms with van der Waals surface area (Å²) in [4.78, 5) is 0. The van der Waals surface area contributed by atoms with Gasteiger partial charge in [-0.2, -0.15) is 5.26 Å². The van der Waals surface area contributed by atoms with E-state index in [0.29, 0.717) is 5.56 Å². The van der Waals surface area contributed by atoms with Crippen LogP contribution in [0.5, 0.6) is 0 Å². The lowest BCUT2D eigenvalue weighted by Crippen LogP contribution is -2.01. The van der Waals surface area contributed by atoms with Crippen LogP contribution in [0.25, 0.3) is 110 Å². The zero-order chi connectivity index (χ0) is 35.5. The Labute approximate surface area is 307 Å². The number of para-hydroxylation sites is 5. The standard InChI is InChI=1S/C49H27N3O2/c50-28-30-10-9-15-32(45(30)52-42-17-6-2-12-34(42)38-25-27-40-36-14-4-8-19-44(36)54-49(40)47(38)52)29-20-22-31(23-21-29)51-41-16-5-1-11-33(41)37-24-26-39-35-13-3-7-18-43(35)53-48(39)46(37)51/h1-27H. The number of furan rings is 2. The van der Waals surface area contributed by atoms with Crippen molar-refractivity contribution in [1.82, 2.24) is 9.13 Å². The molecule has 8 aromatic carbocycles. The number of nitriles is 1. The fourth-order valence-electron chi connectivity index (χ4n) is 8.86. The first-order valence-corrected chi connectivity index (χ1v) is 18.1. The Balaban J connectivity index is 1.12. The molecule has 0 unspecified atom stereocenters. The number of hydrogen-bond acceptors (Lipinski definition) is 3. The fraction of sp³-hybridized carbons (Fsp3) is 0. The molecular formula is C49H27N3O2. The lowest BCUT2D eigenvalue weighted by Gasteiger charge is -2.16. The highest BCUT2D eigenvalue weighted by atomic mass is 16.3. The van der Waals surface area contributed by atoms with Gasteiger partial charge in [-0.3, -0.25) is 0 Å². The molecule has 0 saturated carbocycles. The van der Waals surface area contributed by atoms with Gasteiger partial charge in [0.25, 0.3) is 0 Å². The van der Waals surface area contributed by atoms with Crippen LogP contribution in [0.15, 0.2) is 173 Å². The molecule has 5 nitrogen and oxygen atoms in total. The molecule has 0 N–H and O–H groups in total. The topological polar surface area (TPSA) is 59.9 Å². The van der Waals surface area contributed by atoms with Gasteiger partial charge in [-0.15, -0.1) is 0 Å². The lowest BCUT2D eigenvalue weighted by atomic mass is 9.99. The maximum Gasteiger partial charge on any atom is 0.160 e. The van der Waals surface area contributed by atoms with E-state index in [9.17, 15) is 5.26 Å². The maximum atomic E-state index is 10.7. The van der Waals surface area contributed by atoms with Gasteiger partial charge in [-0.1, -0.05) is 109 Å². The van der Waals surface area contributed by atoms with Crippen molar-refractivity contribution in [3.8, 4) is 28.6 Å². The van der Waals surface area contributed by atoms with Crippen molar-refractivity contribution in [1.29, 1.82) is 5.26 Å². The molecule has 0 aliphatic carbocycles. The summed E-state index contributed by atoms with van der Waals surface area (Å²) in [6.45, 7) is 0. The van der Waals surface area contributed by atoms with E-state index in [-0.39, 0.29) is 0 Å². The zero-order valence-corrected chi connectivity index (χ0v) is 28.7. The highest BCUT2D eigenvalue weighted by molar-refractivity contribution is 6.23. The summed E-state index contributed by atoms with van der Waals surface area (Å²) >= 11 is 0. The first-order valence-electron chi connectivity index (χ1n) is 18.1. The van der Waals surface area contributed by atoms with Crippen molar-refractivity contribution in [3.63, 3.8) is 0 Å². The first-order chi connectivity index (χ1) is 26.8. The average molecular weight is 690 g/mol. The molecule has 0 amide bonds. The van der Waals surface area contributed by atoms with E-state index in [0.717, 1.165) is 105 Å². The van der Waals surface area contributed by atoms with E-state index in [2.05, 4.69) is 137 Å². The summed E-state index contributed by atoms with van der Waals surface area (Å²) < 4.78 is 17.8. The molecule has 0 radical (unpaired) electrons. The maximum absolute atomic E-state index is 10.7. The third-order valence-corrected chi connectivity index (χ3v) is 11.2. The molecule has 5 heteroatoms. The Morgan fingerprint density at radius 1 is 0.407 bits per heavy atom. The second kappa shape index (κ2) is 10.7. The van der Waals surface area contributed by atoms with E-state index in [1.807, 2.05) is 42.5 Å². The molecule has 250 valence electrons. The van der Waals surface area contributed by atoms with Gasteiger partial charge in [-0.25, -0.2) is 0 Å². The Morgan fingerprint density at radius 3 is 1.50 bits per heavy atom. The number of rotatable bonds is 3. The highest BCUT2D eigenvalue weighted by Gasteiger charge is 2.23. The van der Waals surface area contributed by atoms with E-state index in [1.54, 1.807) is 0 Å². The summed E-state index contributed by atoms with van der Waals surface area (Å²) in [5, 5.41) is 19.5. The molecule has 12 aromatic rings. The van der Waals surface area contributed by atoms with E-state index in [1.165, 1.54) is 5.39 Å². The van der Waals surface area contributed by atoms with Crippen molar-refractivity contribution in [2.75, 3.05) is 0 Å². The Kier molecular flexibility index (Phi) is 5.78. The molecule has 0 saturated heterocycles. The van der Waals surface area contributed by atoms with Gasteiger partial charge in [0.1, 0.15) is 17.2 Å². The van der Waals surface area contributed by atoms with Crippen LogP contribution in [0.4, 0.5) is 0 Å². The highest BCUT2D eigenvalue weighted by Crippen LogP contribution is 2.44. The normalized spacial score (nSPS) is 12.1. The third-order valence-electron chi connectivity index (χ3n) is 11.2. The average Bonchev–Trinajstić information content (AvgIpc) is 3.98. The predicted molar refractivity (Wildman–Crippen MR) is 220 cm³/mol. The van der Waals surface area contributed by atoms with Gasteiger partial charge in [0.15, 0.2) is 11.2 Å². The number of fused-ring (bicyclic) bond motifs is 14. The third kappa shape index (κ3) is 3.81. The van der Waals surface area contributed by atoms with Gasteiger partial charge in [0.2, 0.25) is 0 Å².